The topological polar surface area (TPSA) is 38.0 Å². The van der Waals surface area contributed by atoms with E-state index in [-0.39, 0.29) is 0 Å². The van der Waals surface area contributed by atoms with Gasteiger partial charge in [-0.2, -0.15) is 5.26 Å². The molecule has 0 fully saturated rings. The third kappa shape index (κ3) is 4.01. The Kier molecular flexibility index (Phi) is 6.22. The Labute approximate surface area is 277 Å². The predicted molar refractivity (Wildman–Crippen MR) is 197 cm³/mol. The minimum atomic E-state index is 0.603. The van der Waals surface area contributed by atoms with Gasteiger partial charge in [-0.05, 0) is 59.0 Å². The minimum Gasteiger partial charge on any atom is -0.319 e. The van der Waals surface area contributed by atoms with Gasteiger partial charge in [0, 0.05) is 33.0 Å². The lowest BCUT2D eigenvalue weighted by Crippen LogP contribution is -1.99. The Morgan fingerprint density at radius 2 is 1.08 bits per heavy atom. The SMILES string of the molecule is [C-]#[N+]c1cccc2c3ccccc3n(-c3cccc(-c4c(C#N)cccc4-c4ccccc4-n4c5ccccc5c5ccccc54)c3)c12. The maximum Gasteiger partial charge on any atom is 0.211 e. The molecule has 48 heavy (non-hydrogen) atoms. The third-order valence-electron chi connectivity index (χ3n) is 9.39. The number of hydrogen-bond donors (Lipinski definition) is 0. The smallest absolute Gasteiger partial charge is 0.211 e. The molecular weight excluding hydrogens is 585 g/mol. The molecule has 0 saturated carbocycles. The van der Waals surface area contributed by atoms with Crippen LogP contribution in [0, 0.1) is 17.9 Å². The molecule has 2 aromatic heterocycles. The molecule has 0 unspecified atom stereocenters. The molecule has 7 aromatic carbocycles. The van der Waals surface area contributed by atoms with Crippen molar-refractivity contribution in [1.29, 1.82) is 5.26 Å². The highest BCUT2D eigenvalue weighted by molar-refractivity contribution is 6.13. The summed E-state index contributed by atoms with van der Waals surface area (Å²) in [5.74, 6) is 0. The van der Waals surface area contributed by atoms with E-state index in [0.717, 1.165) is 66.5 Å². The lowest BCUT2D eigenvalue weighted by Gasteiger charge is -2.18. The van der Waals surface area contributed by atoms with Crippen molar-refractivity contribution >= 4 is 49.3 Å². The molecule has 0 aliphatic carbocycles. The van der Waals surface area contributed by atoms with E-state index in [2.05, 4.69) is 135 Å². The zero-order chi connectivity index (χ0) is 32.2. The first-order valence-corrected chi connectivity index (χ1v) is 15.9. The molecule has 9 rings (SSSR count). The van der Waals surface area contributed by atoms with Crippen LogP contribution in [0.15, 0.2) is 158 Å². The van der Waals surface area contributed by atoms with Crippen molar-refractivity contribution in [3.8, 4) is 39.7 Å². The maximum absolute atomic E-state index is 10.5. The molecule has 0 saturated heterocycles. The van der Waals surface area contributed by atoms with Gasteiger partial charge in [0.15, 0.2) is 0 Å². The standard InChI is InChI=1S/C44H26N4/c1-46-38-22-12-21-37-35-19-5-6-23-39(35)47(44(37)38)31-15-10-13-29(27-31)43-30(28-45)14-11-20-36(43)34-18-4-9-26-42(34)48-40-24-7-2-16-32(40)33-17-3-8-25-41(33)48/h2-27H. The molecule has 0 aliphatic heterocycles. The fourth-order valence-corrected chi connectivity index (χ4v) is 7.42. The van der Waals surface area contributed by atoms with E-state index in [9.17, 15) is 5.26 Å². The highest BCUT2D eigenvalue weighted by Crippen LogP contribution is 2.42. The molecule has 0 radical (unpaired) electrons. The van der Waals surface area contributed by atoms with Crippen molar-refractivity contribution in [2.24, 2.45) is 0 Å². The monoisotopic (exact) mass is 610 g/mol. The van der Waals surface area contributed by atoms with Crippen LogP contribution in [0.25, 0.3) is 82.1 Å². The van der Waals surface area contributed by atoms with E-state index >= 15 is 0 Å². The second-order valence-corrected chi connectivity index (χ2v) is 11.9. The van der Waals surface area contributed by atoms with E-state index < -0.39 is 0 Å². The summed E-state index contributed by atoms with van der Waals surface area (Å²) in [6, 6.07) is 56.5. The Hall–Kier alpha value is -6.88. The van der Waals surface area contributed by atoms with Crippen molar-refractivity contribution in [1.82, 2.24) is 9.13 Å². The molecule has 4 heteroatoms. The summed E-state index contributed by atoms with van der Waals surface area (Å²) in [6.07, 6.45) is 0. The first-order valence-electron chi connectivity index (χ1n) is 15.9. The fraction of sp³-hybridized carbons (Fsp3) is 0. The Morgan fingerprint density at radius 1 is 0.521 bits per heavy atom. The van der Waals surface area contributed by atoms with Crippen LogP contribution in [-0.4, -0.2) is 9.13 Å². The van der Waals surface area contributed by atoms with Gasteiger partial charge >= 0.3 is 0 Å². The van der Waals surface area contributed by atoms with Gasteiger partial charge in [0.25, 0.3) is 0 Å². The fourth-order valence-electron chi connectivity index (χ4n) is 7.42. The number of nitrogens with zero attached hydrogens (tertiary/aromatic N) is 4. The summed E-state index contributed by atoms with van der Waals surface area (Å²) < 4.78 is 4.52. The van der Waals surface area contributed by atoms with Gasteiger partial charge in [-0.1, -0.05) is 115 Å². The quantitative estimate of drug-likeness (QED) is 0.183. The van der Waals surface area contributed by atoms with Crippen LogP contribution >= 0.6 is 0 Å². The van der Waals surface area contributed by atoms with E-state index in [1.807, 2.05) is 42.5 Å². The molecule has 0 N–H and O–H groups in total. The zero-order valence-electron chi connectivity index (χ0n) is 25.8. The predicted octanol–water partition coefficient (Wildman–Crippen LogP) is 11.6. The number of nitriles is 1. The van der Waals surface area contributed by atoms with Crippen LogP contribution in [-0.2, 0) is 0 Å². The largest absolute Gasteiger partial charge is 0.319 e. The first kappa shape index (κ1) is 27.4. The van der Waals surface area contributed by atoms with Crippen molar-refractivity contribution in [3.63, 3.8) is 0 Å². The maximum atomic E-state index is 10.5. The Balaban J connectivity index is 1.31. The second-order valence-electron chi connectivity index (χ2n) is 11.9. The molecule has 0 aliphatic rings. The number of benzene rings is 7. The summed E-state index contributed by atoms with van der Waals surface area (Å²) in [7, 11) is 0. The molecule has 222 valence electrons. The highest BCUT2D eigenvalue weighted by Gasteiger charge is 2.20. The number of hydrogen-bond acceptors (Lipinski definition) is 1. The summed E-state index contributed by atoms with van der Waals surface area (Å²) >= 11 is 0. The van der Waals surface area contributed by atoms with E-state index in [0.29, 0.717) is 11.3 Å². The number of aromatic nitrogens is 2. The Morgan fingerprint density at radius 3 is 1.79 bits per heavy atom. The molecule has 0 spiro atoms. The molecule has 9 aromatic rings. The molecule has 2 heterocycles. The van der Waals surface area contributed by atoms with E-state index in [4.69, 9.17) is 6.57 Å². The van der Waals surface area contributed by atoms with E-state index in [1.54, 1.807) is 0 Å². The summed E-state index contributed by atoms with van der Waals surface area (Å²) in [4.78, 5) is 3.90. The lowest BCUT2D eigenvalue weighted by molar-refractivity contribution is 1.18. The molecule has 0 atom stereocenters. The lowest BCUT2D eigenvalue weighted by atomic mass is 9.90. The van der Waals surface area contributed by atoms with Gasteiger partial charge < -0.3 is 9.13 Å². The van der Waals surface area contributed by atoms with Crippen LogP contribution in [0.5, 0.6) is 0 Å². The molecule has 4 nitrogen and oxygen atoms in total. The van der Waals surface area contributed by atoms with Crippen molar-refractivity contribution in [3.05, 3.63) is 175 Å². The van der Waals surface area contributed by atoms with Gasteiger partial charge in [-0.25, -0.2) is 4.85 Å². The summed E-state index contributed by atoms with van der Waals surface area (Å²) in [6.45, 7) is 7.97. The first-order chi connectivity index (χ1) is 23.8. The van der Waals surface area contributed by atoms with Gasteiger partial charge in [0.1, 0.15) is 0 Å². The van der Waals surface area contributed by atoms with E-state index in [1.165, 1.54) is 10.8 Å². The zero-order valence-corrected chi connectivity index (χ0v) is 25.8. The third-order valence-corrected chi connectivity index (χ3v) is 9.39. The molecule has 0 amide bonds. The normalized spacial score (nSPS) is 11.3. The van der Waals surface area contributed by atoms with Crippen molar-refractivity contribution in [2.45, 2.75) is 0 Å². The van der Waals surface area contributed by atoms with Gasteiger partial charge in [-0.15, -0.1) is 0 Å². The second kappa shape index (κ2) is 10.9. The van der Waals surface area contributed by atoms with Crippen LogP contribution < -0.4 is 0 Å². The van der Waals surface area contributed by atoms with Crippen LogP contribution in [0.4, 0.5) is 5.69 Å². The summed E-state index contributed by atoms with van der Waals surface area (Å²) in [5, 5.41) is 15.0. The average molecular weight is 611 g/mol. The minimum absolute atomic E-state index is 0.603. The van der Waals surface area contributed by atoms with Gasteiger partial charge in [0.2, 0.25) is 5.69 Å². The van der Waals surface area contributed by atoms with Crippen molar-refractivity contribution in [2.75, 3.05) is 0 Å². The van der Waals surface area contributed by atoms with Crippen LogP contribution in [0.2, 0.25) is 0 Å². The van der Waals surface area contributed by atoms with Gasteiger partial charge in [0.05, 0.1) is 46.0 Å². The van der Waals surface area contributed by atoms with Crippen LogP contribution in [0.3, 0.4) is 0 Å². The molecule has 0 bridgehead atoms. The van der Waals surface area contributed by atoms with Gasteiger partial charge in [-0.3, -0.25) is 0 Å². The van der Waals surface area contributed by atoms with Crippen LogP contribution in [0.1, 0.15) is 5.56 Å². The molecular formula is C44H26N4. The van der Waals surface area contributed by atoms with Crippen molar-refractivity contribution < 1.29 is 0 Å². The average Bonchev–Trinajstić information content (AvgIpc) is 3.68. The number of fused-ring (bicyclic) bond motifs is 6. The number of para-hydroxylation sites is 5. The highest BCUT2D eigenvalue weighted by atomic mass is 15.0. The number of rotatable bonds is 4. The Bertz CT molecular complexity index is 2760. The summed E-state index contributed by atoms with van der Waals surface area (Å²) in [5.41, 5.74) is 11.2.